The first-order valence-electron chi connectivity index (χ1n) is 7.18. The number of aromatic amines is 1. The molecule has 0 fully saturated rings. The number of rotatable bonds is 4. The fourth-order valence-corrected chi connectivity index (χ4v) is 2.43. The molecule has 23 heavy (non-hydrogen) atoms. The third-order valence-electron chi connectivity index (χ3n) is 3.68. The summed E-state index contributed by atoms with van der Waals surface area (Å²) in [5.74, 6) is 0.761. The maximum atomic E-state index is 4.30. The number of fused-ring (bicyclic) bond motifs is 1. The first-order valence-corrected chi connectivity index (χ1v) is 7.18. The predicted octanol–water partition coefficient (Wildman–Crippen LogP) is 2.11. The maximum absolute atomic E-state index is 4.30. The minimum absolute atomic E-state index is 0.0906. The molecular formula is C15H14N8. The molecule has 0 aliphatic rings. The van der Waals surface area contributed by atoms with Crippen LogP contribution in [0.1, 0.15) is 18.5 Å². The number of hydrogen-bond donors (Lipinski definition) is 2. The highest BCUT2D eigenvalue weighted by Gasteiger charge is 2.10. The van der Waals surface area contributed by atoms with Crippen LogP contribution >= 0.6 is 0 Å². The highest BCUT2D eigenvalue weighted by molar-refractivity contribution is 5.85. The number of hydrogen-bond acceptors (Lipinski definition) is 6. The molecule has 1 unspecified atom stereocenters. The van der Waals surface area contributed by atoms with E-state index in [1.54, 1.807) is 17.1 Å². The molecule has 0 saturated heterocycles. The molecule has 114 valence electrons. The van der Waals surface area contributed by atoms with Crippen molar-refractivity contribution in [1.82, 2.24) is 35.2 Å². The average Bonchev–Trinajstić information content (AvgIpc) is 3.27. The molecule has 0 aliphatic heterocycles. The molecule has 8 nitrogen and oxygen atoms in total. The molecule has 1 atom stereocenters. The third kappa shape index (κ3) is 2.50. The van der Waals surface area contributed by atoms with Gasteiger partial charge < -0.3 is 5.32 Å². The first-order chi connectivity index (χ1) is 11.3. The van der Waals surface area contributed by atoms with Gasteiger partial charge in [0.2, 0.25) is 0 Å². The van der Waals surface area contributed by atoms with Gasteiger partial charge in [0.05, 0.1) is 29.7 Å². The fourth-order valence-electron chi connectivity index (χ4n) is 2.43. The molecule has 2 N–H and O–H groups in total. The van der Waals surface area contributed by atoms with E-state index >= 15 is 0 Å². The number of anilines is 1. The Labute approximate surface area is 131 Å². The monoisotopic (exact) mass is 306 g/mol. The van der Waals surface area contributed by atoms with Crippen molar-refractivity contribution in [3.63, 3.8) is 0 Å². The average molecular weight is 306 g/mol. The second-order valence-electron chi connectivity index (χ2n) is 5.16. The Kier molecular flexibility index (Phi) is 3.19. The van der Waals surface area contributed by atoms with Crippen molar-refractivity contribution in [2.24, 2.45) is 0 Å². The van der Waals surface area contributed by atoms with Crippen LogP contribution in [0.15, 0.2) is 49.2 Å². The van der Waals surface area contributed by atoms with E-state index in [1.807, 2.05) is 18.3 Å². The van der Waals surface area contributed by atoms with Crippen LogP contribution in [0.2, 0.25) is 0 Å². The van der Waals surface area contributed by atoms with Crippen LogP contribution in [0.4, 0.5) is 5.82 Å². The number of aromatic nitrogens is 7. The van der Waals surface area contributed by atoms with Crippen molar-refractivity contribution in [2.75, 3.05) is 5.32 Å². The van der Waals surface area contributed by atoms with Crippen LogP contribution in [0.3, 0.4) is 0 Å². The zero-order chi connectivity index (χ0) is 15.6. The van der Waals surface area contributed by atoms with Gasteiger partial charge in [0, 0.05) is 6.04 Å². The van der Waals surface area contributed by atoms with Crippen molar-refractivity contribution >= 4 is 16.9 Å². The van der Waals surface area contributed by atoms with E-state index in [2.05, 4.69) is 54.9 Å². The van der Waals surface area contributed by atoms with Crippen molar-refractivity contribution in [3.8, 4) is 5.69 Å². The van der Waals surface area contributed by atoms with E-state index in [1.165, 1.54) is 6.33 Å². The van der Waals surface area contributed by atoms with Gasteiger partial charge in [-0.25, -0.2) is 14.6 Å². The van der Waals surface area contributed by atoms with E-state index in [9.17, 15) is 0 Å². The molecule has 4 rings (SSSR count). The van der Waals surface area contributed by atoms with Crippen LogP contribution < -0.4 is 5.32 Å². The van der Waals surface area contributed by atoms with Gasteiger partial charge in [-0.1, -0.05) is 17.3 Å². The van der Waals surface area contributed by atoms with Crippen molar-refractivity contribution in [3.05, 3.63) is 54.7 Å². The molecule has 8 heteroatoms. The van der Waals surface area contributed by atoms with Crippen LogP contribution in [-0.4, -0.2) is 35.2 Å². The molecule has 4 aromatic rings. The molecule has 0 bridgehead atoms. The second kappa shape index (κ2) is 5.48. The van der Waals surface area contributed by atoms with E-state index in [4.69, 9.17) is 0 Å². The molecule has 0 amide bonds. The Balaban J connectivity index is 1.57. The summed E-state index contributed by atoms with van der Waals surface area (Å²) >= 11 is 0. The lowest BCUT2D eigenvalue weighted by Crippen LogP contribution is -2.08. The van der Waals surface area contributed by atoms with Gasteiger partial charge in [0.15, 0.2) is 5.65 Å². The summed E-state index contributed by atoms with van der Waals surface area (Å²) in [6.07, 6.45) is 6.71. The van der Waals surface area contributed by atoms with Gasteiger partial charge >= 0.3 is 0 Å². The summed E-state index contributed by atoms with van der Waals surface area (Å²) in [6.45, 7) is 2.08. The molecule has 0 spiro atoms. The van der Waals surface area contributed by atoms with E-state index < -0.39 is 0 Å². The topological polar surface area (TPSA) is 97.2 Å². The molecule has 3 heterocycles. The summed E-state index contributed by atoms with van der Waals surface area (Å²) < 4.78 is 1.72. The summed E-state index contributed by atoms with van der Waals surface area (Å²) in [4.78, 5) is 8.44. The smallest absolute Gasteiger partial charge is 0.160 e. The molecule has 1 aromatic carbocycles. The Hall–Kier alpha value is -3.29. The predicted molar refractivity (Wildman–Crippen MR) is 85.1 cm³/mol. The maximum Gasteiger partial charge on any atom is 0.160 e. The second-order valence-corrected chi connectivity index (χ2v) is 5.16. The molecule has 3 aromatic heterocycles. The van der Waals surface area contributed by atoms with E-state index in [0.717, 1.165) is 28.1 Å². The van der Waals surface area contributed by atoms with Crippen LogP contribution in [0.5, 0.6) is 0 Å². The zero-order valence-electron chi connectivity index (χ0n) is 12.4. The van der Waals surface area contributed by atoms with Gasteiger partial charge in [-0.15, -0.1) is 5.10 Å². The number of benzene rings is 1. The normalized spacial score (nSPS) is 12.4. The first kappa shape index (κ1) is 13.4. The Morgan fingerprint density at radius 1 is 1.17 bits per heavy atom. The van der Waals surface area contributed by atoms with Gasteiger partial charge in [-0.3, -0.25) is 5.10 Å². The van der Waals surface area contributed by atoms with Gasteiger partial charge in [0.1, 0.15) is 12.1 Å². The van der Waals surface area contributed by atoms with Crippen molar-refractivity contribution in [2.45, 2.75) is 13.0 Å². The summed E-state index contributed by atoms with van der Waals surface area (Å²) in [5, 5.41) is 18.9. The number of nitrogens with zero attached hydrogens (tertiary/aromatic N) is 6. The highest BCUT2D eigenvalue weighted by Crippen LogP contribution is 2.23. The van der Waals surface area contributed by atoms with Gasteiger partial charge in [-0.05, 0) is 24.6 Å². The number of H-pyrrole nitrogens is 1. The summed E-state index contributed by atoms with van der Waals surface area (Å²) in [6, 6.07) is 8.23. The Bertz CT molecular complexity index is 910. The van der Waals surface area contributed by atoms with Crippen LogP contribution in [-0.2, 0) is 0 Å². The Morgan fingerprint density at radius 2 is 2.04 bits per heavy atom. The zero-order valence-corrected chi connectivity index (χ0v) is 12.4. The summed E-state index contributed by atoms with van der Waals surface area (Å²) in [5.41, 5.74) is 2.83. The van der Waals surface area contributed by atoms with E-state index in [-0.39, 0.29) is 6.04 Å². The van der Waals surface area contributed by atoms with E-state index in [0.29, 0.717) is 0 Å². The Morgan fingerprint density at radius 3 is 2.83 bits per heavy atom. The lowest BCUT2D eigenvalue weighted by atomic mass is 10.1. The standard InChI is InChI=1S/C15H14N8/c1-10(20-14-13-8-19-21-15(13)17-9-16-14)11-2-4-12(5-3-11)23-7-6-18-22-23/h2-10H,1H3,(H2,16,17,19,20,21). The quantitative estimate of drug-likeness (QED) is 0.599. The summed E-state index contributed by atoms with van der Waals surface area (Å²) in [7, 11) is 0. The van der Waals surface area contributed by atoms with Gasteiger partial charge in [-0.2, -0.15) is 5.10 Å². The van der Waals surface area contributed by atoms with Crippen LogP contribution in [0.25, 0.3) is 16.7 Å². The van der Waals surface area contributed by atoms with Crippen LogP contribution in [0, 0.1) is 0 Å². The lowest BCUT2D eigenvalue weighted by molar-refractivity contribution is 0.800. The number of nitrogens with one attached hydrogen (secondary N) is 2. The molecule has 0 radical (unpaired) electrons. The minimum Gasteiger partial charge on any atom is -0.363 e. The SMILES string of the molecule is CC(Nc1ncnc2[nH]ncc12)c1ccc(-n2ccnn2)cc1. The van der Waals surface area contributed by atoms with Crippen molar-refractivity contribution in [1.29, 1.82) is 0 Å². The molecule has 0 saturated carbocycles. The molecular weight excluding hydrogens is 292 g/mol. The fraction of sp³-hybridized carbons (Fsp3) is 0.133. The van der Waals surface area contributed by atoms with Gasteiger partial charge in [0.25, 0.3) is 0 Å². The molecule has 0 aliphatic carbocycles. The third-order valence-corrected chi connectivity index (χ3v) is 3.68. The largest absolute Gasteiger partial charge is 0.363 e. The minimum atomic E-state index is 0.0906. The highest BCUT2D eigenvalue weighted by atomic mass is 15.4. The van der Waals surface area contributed by atoms with Crippen molar-refractivity contribution < 1.29 is 0 Å². The lowest BCUT2D eigenvalue weighted by Gasteiger charge is -2.15.